The highest BCUT2D eigenvalue weighted by atomic mass is 32.2. The van der Waals surface area contributed by atoms with E-state index >= 15 is 0 Å². The minimum atomic E-state index is -4.86. The molecule has 218 valence electrons. The molecule has 3 rings (SSSR count). The van der Waals surface area contributed by atoms with Gasteiger partial charge in [-0.2, -0.15) is 13.2 Å². The van der Waals surface area contributed by atoms with Gasteiger partial charge in [0.15, 0.2) is 9.84 Å². The van der Waals surface area contributed by atoms with Crippen LogP contribution in [0.3, 0.4) is 0 Å². The number of hydrogen-bond acceptors (Lipinski definition) is 8. The number of aliphatic imine (C=N–C) groups is 1. The minimum Gasteiger partial charge on any atom is -0.497 e. The fourth-order valence-corrected chi connectivity index (χ4v) is 5.43. The number of carboxylic acid groups (broad SMARTS) is 1. The molecular weight excluding hydrogens is 553 g/mol. The largest absolute Gasteiger partial charge is 0.497 e. The van der Waals surface area contributed by atoms with Crippen LogP contribution in [0.1, 0.15) is 36.0 Å². The number of halogens is 3. The Kier molecular flexibility index (Phi) is 10.7. The lowest BCUT2D eigenvalue weighted by Crippen LogP contribution is -2.33. The number of amidine groups is 1. The molecule has 1 amide bonds. The lowest BCUT2D eigenvalue weighted by molar-refractivity contribution is -0.140. The summed E-state index contributed by atoms with van der Waals surface area (Å²) in [5.41, 5.74) is 0.328. The first-order chi connectivity index (χ1) is 18.9. The molecule has 0 aromatic heterocycles. The zero-order valence-corrected chi connectivity index (χ0v) is 22.6. The lowest BCUT2D eigenvalue weighted by Gasteiger charge is -2.15. The molecule has 0 fully saturated rings. The Morgan fingerprint density at radius 1 is 1.10 bits per heavy atom. The number of carbonyl (C=O) groups is 2. The second-order valence-electron chi connectivity index (χ2n) is 9.05. The van der Waals surface area contributed by atoms with Gasteiger partial charge in [0.25, 0.3) is 0 Å². The Hall–Kier alpha value is -3.49. The number of carbonyl (C=O) groups excluding carboxylic acids is 1. The van der Waals surface area contributed by atoms with Crippen molar-refractivity contribution in [3.05, 3.63) is 59.2 Å². The van der Waals surface area contributed by atoms with Gasteiger partial charge in [0, 0.05) is 18.5 Å². The molecule has 2 aromatic carbocycles. The molecule has 0 bridgehead atoms. The van der Waals surface area contributed by atoms with Gasteiger partial charge >= 0.3 is 12.3 Å². The first-order valence-electron chi connectivity index (χ1n) is 12.5. The van der Waals surface area contributed by atoms with Gasteiger partial charge in [-0.25, -0.2) is 13.2 Å². The number of nitrogens with zero attached hydrogens (tertiary/aromatic N) is 2. The Labute approximate surface area is 230 Å². The summed E-state index contributed by atoms with van der Waals surface area (Å²) in [4.78, 5) is 28.0. The quantitative estimate of drug-likeness (QED) is 0.288. The van der Waals surface area contributed by atoms with E-state index in [9.17, 15) is 36.3 Å². The molecule has 0 unspecified atom stereocenters. The highest BCUT2D eigenvalue weighted by Crippen LogP contribution is 2.36. The second kappa shape index (κ2) is 13.7. The van der Waals surface area contributed by atoms with Crippen LogP contribution in [-0.2, 0) is 27.4 Å². The maximum atomic E-state index is 13.4. The van der Waals surface area contributed by atoms with Crippen molar-refractivity contribution >= 4 is 27.5 Å². The summed E-state index contributed by atoms with van der Waals surface area (Å²) < 4.78 is 69.8. The molecule has 0 spiro atoms. The van der Waals surface area contributed by atoms with Gasteiger partial charge in [0.05, 0.1) is 37.2 Å². The normalized spacial score (nSPS) is 13.8. The molecule has 14 heteroatoms. The van der Waals surface area contributed by atoms with E-state index in [2.05, 4.69) is 15.6 Å². The number of Topliss-reactive ketones (excluding diaryl/α,β-unsaturated/α-hetero) is 1. The van der Waals surface area contributed by atoms with Crippen LogP contribution in [0.4, 0.5) is 18.0 Å². The Morgan fingerprint density at radius 2 is 1.82 bits per heavy atom. The average molecular weight is 585 g/mol. The number of sulfone groups is 1. The molecule has 0 radical (unpaired) electrons. The number of nitrogens with one attached hydrogen (secondary N) is 2. The van der Waals surface area contributed by atoms with Crippen molar-refractivity contribution in [1.29, 1.82) is 0 Å². The minimum absolute atomic E-state index is 0.0327. The molecule has 2 aromatic rings. The second-order valence-corrected chi connectivity index (χ2v) is 11.0. The SMILES string of the molecule is COc1ccc(S(=O)(=O)CNCCCCC(=O)CNCc2ccc(C3=NCCN3C(=O)O)cc2)c(C(F)(F)F)c1. The summed E-state index contributed by atoms with van der Waals surface area (Å²) in [5.74, 6) is -0.380. The van der Waals surface area contributed by atoms with Gasteiger partial charge < -0.3 is 20.5 Å². The molecule has 1 aliphatic heterocycles. The first-order valence-corrected chi connectivity index (χ1v) is 14.1. The third-order valence-corrected chi connectivity index (χ3v) is 7.72. The molecule has 3 N–H and O–H groups in total. The molecule has 0 aliphatic carbocycles. The number of ether oxygens (including phenoxy) is 1. The molecule has 1 aliphatic rings. The predicted octanol–water partition coefficient (Wildman–Crippen LogP) is 3.30. The van der Waals surface area contributed by atoms with Crippen molar-refractivity contribution in [3.63, 3.8) is 0 Å². The highest BCUT2D eigenvalue weighted by Gasteiger charge is 2.37. The van der Waals surface area contributed by atoms with E-state index in [1.165, 1.54) is 12.0 Å². The number of unbranched alkanes of at least 4 members (excludes halogenated alkanes) is 1. The smallest absolute Gasteiger partial charge is 0.417 e. The van der Waals surface area contributed by atoms with Gasteiger partial charge in [0.1, 0.15) is 23.2 Å². The summed E-state index contributed by atoms with van der Waals surface area (Å²) in [6.45, 7) is 1.55. The lowest BCUT2D eigenvalue weighted by atomic mass is 10.1. The Balaban J connectivity index is 1.35. The van der Waals surface area contributed by atoms with E-state index in [0.717, 1.165) is 17.7 Å². The van der Waals surface area contributed by atoms with E-state index in [4.69, 9.17) is 4.74 Å². The summed E-state index contributed by atoms with van der Waals surface area (Å²) in [6, 6.07) is 9.93. The molecule has 0 saturated heterocycles. The molecule has 0 atom stereocenters. The van der Waals surface area contributed by atoms with Crippen molar-refractivity contribution in [1.82, 2.24) is 15.5 Å². The van der Waals surface area contributed by atoms with Crippen molar-refractivity contribution in [3.8, 4) is 5.75 Å². The van der Waals surface area contributed by atoms with Crippen LogP contribution in [0.15, 0.2) is 52.4 Å². The van der Waals surface area contributed by atoms with E-state index < -0.39 is 38.4 Å². The van der Waals surface area contributed by atoms with Gasteiger partial charge in [0.2, 0.25) is 0 Å². The molecule has 10 nitrogen and oxygen atoms in total. The summed E-state index contributed by atoms with van der Waals surface area (Å²) >= 11 is 0. The van der Waals surface area contributed by atoms with E-state index in [0.29, 0.717) is 49.9 Å². The van der Waals surface area contributed by atoms with Crippen LogP contribution in [0.25, 0.3) is 0 Å². The first kappa shape index (κ1) is 31.0. The van der Waals surface area contributed by atoms with Crippen LogP contribution >= 0.6 is 0 Å². The maximum absolute atomic E-state index is 13.4. The number of benzene rings is 2. The monoisotopic (exact) mass is 584 g/mol. The number of amides is 1. The van der Waals surface area contributed by atoms with Crippen molar-refractivity contribution in [2.45, 2.75) is 36.9 Å². The van der Waals surface area contributed by atoms with Crippen LogP contribution in [0.2, 0.25) is 0 Å². The summed E-state index contributed by atoms with van der Waals surface area (Å²) in [7, 11) is -3.06. The zero-order valence-electron chi connectivity index (χ0n) is 21.8. The van der Waals surface area contributed by atoms with Gasteiger partial charge in [-0.1, -0.05) is 24.3 Å². The van der Waals surface area contributed by atoms with E-state index in [1.54, 1.807) is 12.1 Å². The Bertz CT molecular complexity index is 1330. The van der Waals surface area contributed by atoms with Crippen molar-refractivity contribution in [2.75, 3.05) is 39.2 Å². The predicted molar refractivity (Wildman–Crippen MR) is 141 cm³/mol. The Morgan fingerprint density at radius 3 is 2.48 bits per heavy atom. The van der Waals surface area contributed by atoms with Crippen LogP contribution in [0, 0.1) is 0 Å². The third kappa shape index (κ3) is 8.50. The molecule has 1 heterocycles. The highest BCUT2D eigenvalue weighted by molar-refractivity contribution is 7.91. The fourth-order valence-electron chi connectivity index (χ4n) is 4.07. The van der Waals surface area contributed by atoms with Crippen LogP contribution in [-0.4, -0.2) is 75.3 Å². The number of hydrogen-bond donors (Lipinski definition) is 3. The summed E-state index contributed by atoms with van der Waals surface area (Å²) in [5, 5.41) is 14.9. The van der Waals surface area contributed by atoms with Crippen LogP contribution in [0.5, 0.6) is 5.75 Å². The number of rotatable bonds is 14. The van der Waals surface area contributed by atoms with Crippen molar-refractivity contribution in [2.24, 2.45) is 4.99 Å². The molecule has 0 saturated carbocycles. The maximum Gasteiger partial charge on any atom is 0.417 e. The molecular formula is C26H31F3N4O6S. The fraction of sp³-hybridized carbons (Fsp3) is 0.423. The average Bonchev–Trinajstić information content (AvgIpc) is 3.41. The number of alkyl halides is 3. The molecule has 40 heavy (non-hydrogen) atoms. The third-order valence-electron chi connectivity index (χ3n) is 6.11. The van der Waals surface area contributed by atoms with E-state index in [-0.39, 0.29) is 31.0 Å². The zero-order chi connectivity index (χ0) is 29.3. The van der Waals surface area contributed by atoms with Gasteiger partial charge in [-0.3, -0.25) is 14.7 Å². The van der Waals surface area contributed by atoms with E-state index in [1.807, 2.05) is 12.1 Å². The standard InChI is InChI=1S/C26H31F3N4O6S/c1-39-21-9-10-23(22(14-21)26(27,28)29)40(37,38)17-30-11-3-2-4-20(34)16-31-15-18-5-7-19(8-6-18)24-32-12-13-33(24)25(35)36/h5-10,14,30-31H,2-4,11-13,15-17H2,1H3,(H,35,36). The topological polar surface area (TPSA) is 137 Å². The van der Waals surface area contributed by atoms with Crippen molar-refractivity contribution < 1.29 is 41.0 Å². The van der Waals surface area contributed by atoms with Crippen LogP contribution < -0.4 is 15.4 Å². The number of ketones is 1. The van der Waals surface area contributed by atoms with Gasteiger partial charge in [-0.15, -0.1) is 0 Å². The number of methoxy groups -OCH3 is 1. The van der Waals surface area contributed by atoms with Gasteiger partial charge in [-0.05, 0) is 43.1 Å². The summed E-state index contributed by atoms with van der Waals surface area (Å²) in [6.07, 6.45) is -4.68.